The van der Waals surface area contributed by atoms with Crippen LogP contribution in [-0.2, 0) is 9.53 Å². The molecule has 13 heavy (non-hydrogen) atoms. The molecule has 0 amide bonds. The van der Waals surface area contributed by atoms with E-state index in [-0.39, 0.29) is 24.6 Å². The molecular formula is C9H16O4. The first kappa shape index (κ1) is 10.5. The van der Waals surface area contributed by atoms with Gasteiger partial charge in [-0.05, 0) is 19.8 Å². The molecular weight excluding hydrogens is 172 g/mol. The van der Waals surface area contributed by atoms with Gasteiger partial charge in [-0.3, -0.25) is 4.79 Å². The van der Waals surface area contributed by atoms with Gasteiger partial charge in [0, 0.05) is 13.0 Å². The second-order valence-corrected chi connectivity index (χ2v) is 3.59. The fourth-order valence-corrected chi connectivity index (χ4v) is 1.64. The van der Waals surface area contributed by atoms with Crippen molar-refractivity contribution >= 4 is 5.97 Å². The molecule has 2 N–H and O–H groups in total. The molecule has 76 valence electrons. The normalized spacial score (nSPS) is 30.2. The van der Waals surface area contributed by atoms with Crippen molar-refractivity contribution in [3.05, 3.63) is 0 Å². The molecule has 1 heterocycles. The van der Waals surface area contributed by atoms with Crippen molar-refractivity contribution in [2.75, 3.05) is 6.61 Å². The summed E-state index contributed by atoms with van der Waals surface area (Å²) >= 11 is 0. The zero-order chi connectivity index (χ0) is 9.84. The lowest BCUT2D eigenvalue weighted by Crippen LogP contribution is -2.14. The summed E-state index contributed by atoms with van der Waals surface area (Å²) in [5.74, 6) is -0.409. The van der Waals surface area contributed by atoms with E-state index in [9.17, 15) is 4.79 Å². The summed E-state index contributed by atoms with van der Waals surface area (Å²) in [7, 11) is 0. The van der Waals surface area contributed by atoms with Gasteiger partial charge in [-0.2, -0.15) is 0 Å². The average molecular weight is 188 g/mol. The summed E-state index contributed by atoms with van der Waals surface area (Å²) in [4.78, 5) is 11.1. The molecule has 1 rings (SSSR count). The fourth-order valence-electron chi connectivity index (χ4n) is 1.64. The van der Waals surface area contributed by atoms with E-state index in [2.05, 4.69) is 0 Å². The van der Waals surface area contributed by atoms with Crippen LogP contribution in [0, 0.1) is 5.92 Å². The first-order valence-electron chi connectivity index (χ1n) is 4.63. The van der Waals surface area contributed by atoms with E-state index < -0.39 is 6.10 Å². The standard InChI is InChI=1S/C9H16O4/c1-6(11)4-8-5-7(2-3-10)9(12)13-8/h6-8,10-11H,2-5H2,1H3/t6-,7+,8+/m1/s1. The molecule has 4 nitrogen and oxygen atoms in total. The number of esters is 1. The number of carbonyl (C=O) groups excluding carboxylic acids is 1. The summed E-state index contributed by atoms with van der Waals surface area (Å²) in [5, 5.41) is 17.7. The largest absolute Gasteiger partial charge is 0.462 e. The highest BCUT2D eigenvalue weighted by molar-refractivity contribution is 5.74. The number of rotatable bonds is 4. The molecule has 0 aromatic carbocycles. The van der Waals surface area contributed by atoms with Crippen molar-refractivity contribution in [1.29, 1.82) is 0 Å². The highest BCUT2D eigenvalue weighted by Crippen LogP contribution is 2.26. The van der Waals surface area contributed by atoms with Gasteiger partial charge in [0.2, 0.25) is 0 Å². The Morgan fingerprint density at radius 2 is 2.38 bits per heavy atom. The van der Waals surface area contributed by atoms with Crippen molar-refractivity contribution in [2.24, 2.45) is 5.92 Å². The highest BCUT2D eigenvalue weighted by atomic mass is 16.6. The zero-order valence-electron chi connectivity index (χ0n) is 7.77. The predicted octanol–water partition coefficient (Wildman–Crippen LogP) is 0.0714. The van der Waals surface area contributed by atoms with Crippen molar-refractivity contribution in [3.63, 3.8) is 0 Å². The second kappa shape index (κ2) is 4.58. The van der Waals surface area contributed by atoms with E-state index in [0.717, 1.165) is 0 Å². The number of hydrogen-bond donors (Lipinski definition) is 2. The molecule has 1 aliphatic rings. The Labute approximate surface area is 77.5 Å². The van der Waals surface area contributed by atoms with Crippen LogP contribution in [0.3, 0.4) is 0 Å². The van der Waals surface area contributed by atoms with Gasteiger partial charge in [-0.25, -0.2) is 0 Å². The maximum absolute atomic E-state index is 11.1. The number of aliphatic hydroxyl groups is 2. The Morgan fingerprint density at radius 1 is 1.69 bits per heavy atom. The molecule has 0 aromatic heterocycles. The summed E-state index contributed by atoms with van der Waals surface area (Å²) in [5.41, 5.74) is 0. The lowest BCUT2D eigenvalue weighted by Gasteiger charge is -2.09. The molecule has 1 fully saturated rings. The van der Waals surface area contributed by atoms with E-state index in [1.807, 2.05) is 0 Å². The molecule has 0 aliphatic carbocycles. The molecule has 0 saturated carbocycles. The minimum Gasteiger partial charge on any atom is -0.462 e. The van der Waals surface area contributed by atoms with E-state index in [1.165, 1.54) is 0 Å². The third-order valence-electron chi connectivity index (χ3n) is 2.25. The van der Waals surface area contributed by atoms with Crippen LogP contribution in [0.25, 0.3) is 0 Å². The van der Waals surface area contributed by atoms with Crippen LogP contribution in [0.15, 0.2) is 0 Å². The van der Waals surface area contributed by atoms with Crippen LogP contribution in [0.1, 0.15) is 26.2 Å². The van der Waals surface area contributed by atoms with Crippen molar-refractivity contribution in [2.45, 2.75) is 38.4 Å². The smallest absolute Gasteiger partial charge is 0.309 e. The summed E-state index contributed by atoms with van der Waals surface area (Å²) in [6.45, 7) is 1.69. The first-order chi connectivity index (χ1) is 6.13. The van der Waals surface area contributed by atoms with Crippen LogP contribution in [0.5, 0.6) is 0 Å². The van der Waals surface area contributed by atoms with Gasteiger partial charge in [0.25, 0.3) is 0 Å². The molecule has 0 spiro atoms. The van der Waals surface area contributed by atoms with Crippen LogP contribution in [0.2, 0.25) is 0 Å². The van der Waals surface area contributed by atoms with E-state index in [0.29, 0.717) is 19.3 Å². The molecule has 0 bridgehead atoms. The van der Waals surface area contributed by atoms with Gasteiger partial charge in [-0.1, -0.05) is 0 Å². The van der Waals surface area contributed by atoms with Gasteiger partial charge >= 0.3 is 5.97 Å². The van der Waals surface area contributed by atoms with Crippen LogP contribution >= 0.6 is 0 Å². The SMILES string of the molecule is C[C@@H](O)C[C@H]1C[C@H](CCO)C(=O)O1. The third kappa shape index (κ3) is 2.97. The third-order valence-corrected chi connectivity index (χ3v) is 2.25. The average Bonchev–Trinajstić information content (AvgIpc) is 2.31. The van der Waals surface area contributed by atoms with Crippen LogP contribution in [0.4, 0.5) is 0 Å². The predicted molar refractivity (Wildman–Crippen MR) is 46.0 cm³/mol. The monoisotopic (exact) mass is 188 g/mol. The molecule has 1 saturated heterocycles. The molecule has 0 radical (unpaired) electrons. The van der Waals surface area contributed by atoms with Crippen LogP contribution < -0.4 is 0 Å². The van der Waals surface area contributed by atoms with E-state index >= 15 is 0 Å². The summed E-state index contributed by atoms with van der Waals surface area (Å²) < 4.78 is 5.03. The van der Waals surface area contributed by atoms with Gasteiger partial charge in [0.05, 0.1) is 12.0 Å². The lowest BCUT2D eigenvalue weighted by atomic mass is 9.99. The van der Waals surface area contributed by atoms with Gasteiger partial charge in [0.1, 0.15) is 6.10 Å². The number of hydrogen-bond acceptors (Lipinski definition) is 4. The quantitative estimate of drug-likeness (QED) is 0.613. The Hall–Kier alpha value is -0.610. The topological polar surface area (TPSA) is 66.8 Å². The van der Waals surface area contributed by atoms with E-state index in [1.54, 1.807) is 6.92 Å². The summed E-state index contributed by atoms with van der Waals surface area (Å²) in [6.07, 6.45) is 0.988. The minimum atomic E-state index is -0.439. The van der Waals surface area contributed by atoms with Crippen molar-refractivity contribution < 1.29 is 19.7 Å². The molecule has 0 aromatic rings. The fraction of sp³-hybridized carbons (Fsp3) is 0.889. The van der Waals surface area contributed by atoms with Crippen molar-refractivity contribution in [3.8, 4) is 0 Å². The zero-order valence-corrected chi connectivity index (χ0v) is 7.77. The summed E-state index contributed by atoms with van der Waals surface area (Å²) in [6, 6.07) is 0. The molecule has 0 unspecified atom stereocenters. The molecule has 4 heteroatoms. The van der Waals surface area contributed by atoms with Crippen LogP contribution in [-0.4, -0.2) is 35.0 Å². The highest BCUT2D eigenvalue weighted by Gasteiger charge is 2.34. The van der Waals surface area contributed by atoms with Gasteiger partial charge < -0.3 is 14.9 Å². The number of ether oxygens (including phenoxy) is 1. The Morgan fingerprint density at radius 3 is 2.92 bits per heavy atom. The lowest BCUT2D eigenvalue weighted by molar-refractivity contribution is -0.145. The van der Waals surface area contributed by atoms with E-state index in [4.69, 9.17) is 14.9 Å². The van der Waals surface area contributed by atoms with Gasteiger partial charge in [-0.15, -0.1) is 0 Å². The Balaban J connectivity index is 2.36. The maximum atomic E-state index is 11.1. The molecule has 3 atom stereocenters. The number of aliphatic hydroxyl groups excluding tert-OH is 2. The Bertz CT molecular complexity index is 178. The van der Waals surface area contributed by atoms with Gasteiger partial charge in [0.15, 0.2) is 0 Å². The number of cyclic esters (lactones) is 1. The number of carbonyl (C=O) groups is 1. The Kier molecular flexibility index (Phi) is 3.69. The maximum Gasteiger partial charge on any atom is 0.309 e. The first-order valence-corrected chi connectivity index (χ1v) is 4.63. The second-order valence-electron chi connectivity index (χ2n) is 3.59. The minimum absolute atomic E-state index is 0.0150. The molecule has 1 aliphatic heterocycles. The van der Waals surface area contributed by atoms with Crippen molar-refractivity contribution in [1.82, 2.24) is 0 Å².